The average Bonchev–Trinajstić information content (AvgIpc) is 2.34. The van der Waals surface area contributed by atoms with Crippen LogP contribution in [-0.2, 0) is 4.74 Å². The Bertz CT molecular complexity index is 322. The Morgan fingerprint density at radius 1 is 1.14 bits per heavy atom. The lowest BCUT2D eigenvalue weighted by Crippen LogP contribution is -2.42. The highest BCUT2D eigenvalue weighted by atomic mass is 127. The fraction of sp³-hybridized carbons (Fsp3) is 0.867. The molecule has 0 bridgehead atoms. The first-order valence-corrected chi connectivity index (χ1v) is 7.84. The molecule has 0 saturated heterocycles. The number of nitrogens with one attached hydrogen (secondary N) is 3. The lowest BCUT2D eigenvalue weighted by atomic mass is 10.1. The highest BCUT2D eigenvalue weighted by Crippen LogP contribution is 2.07. The van der Waals surface area contributed by atoms with E-state index < -0.39 is 5.60 Å². The largest absolute Gasteiger partial charge is 0.444 e. The summed E-state index contributed by atoms with van der Waals surface area (Å²) in [5.74, 6) is 0.770. The Hall–Kier alpha value is -0.730. The molecule has 0 fully saturated rings. The van der Waals surface area contributed by atoms with Crippen molar-refractivity contribution in [2.45, 2.75) is 66.0 Å². The Kier molecular flexibility index (Phi) is 13.7. The van der Waals surface area contributed by atoms with Crippen molar-refractivity contribution in [2.24, 2.45) is 4.99 Å². The van der Waals surface area contributed by atoms with Crippen molar-refractivity contribution in [3.63, 3.8) is 0 Å². The number of hydrogen-bond donors (Lipinski definition) is 3. The van der Waals surface area contributed by atoms with Gasteiger partial charge in [0.15, 0.2) is 5.96 Å². The van der Waals surface area contributed by atoms with Crippen LogP contribution in [0, 0.1) is 0 Å². The summed E-state index contributed by atoms with van der Waals surface area (Å²) in [6.07, 6.45) is 1.46. The van der Waals surface area contributed by atoms with Crippen molar-refractivity contribution in [2.75, 3.05) is 19.6 Å². The molecular weight excluding hydrogens is 395 g/mol. The highest BCUT2D eigenvalue weighted by molar-refractivity contribution is 14.0. The number of hydrogen-bond acceptors (Lipinski definition) is 3. The summed E-state index contributed by atoms with van der Waals surface area (Å²) in [6.45, 7) is 13.8. The standard InChI is InChI=1S/C15H32N4O2.HI/c1-7-10-12(19-14(20)21-15(4,5)6)11-18-13(16-8-2)17-9-3;/h12H,7-11H2,1-6H3,(H,19,20)(H2,16,17,18);1H. The van der Waals surface area contributed by atoms with Gasteiger partial charge in [-0.2, -0.15) is 0 Å². The lowest BCUT2D eigenvalue weighted by molar-refractivity contribution is 0.0503. The second-order valence-electron chi connectivity index (χ2n) is 5.88. The van der Waals surface area contributed by atoms with E-state index in [-0.39, 0.29) is 36.1 Å². The first-order valence-electron chi connectivity index (χ1n) is 7.84. The minimum Gasteiger partial charge on any atom is -0.444 e. The third-order valence-corrected chi connectivity index (χ3v) is 2.52. The average molecular weight is 428 g/mol. The summed E-state index contributed by atoms with van der Waals surface area (Å²) >= 11 is 0. The van der Waals surface area contributed by atoms with E-state index in [9.17, 15) is 4.79 Å². The zero-order valence-corrected chi connectivity index (χ0v) is 17.1. The fourth-order valence-electron chi connectivity index (χ4n) is 1.74. The topological polar surface area (TPSA) is 74.8 Å². The summed E-state index contributed by atoms with van der Waals surface area (Å²) in [5.41, 5.74) is -0.483. The minimum atomic E-state index is -0.483. The second kappa shape index (κ2) is 12.8. The van der Waals surface area contributed by atoms with Crippen molar-refractivity contribution in [3.05, 3.63) is 0 Å². The monoisotopic (exact) mass is 428 g/mol. The van der Waals surface area contributed by atoms with Gasteiger partial charge < -0.3 is 20.7 Å². The van der Waals surface area contributed by atoms with Gasteiger partial charge in [-0.1, -0.05) is 13.3 Å². The van der Waals surface area contributed by atoms with Gasteiger partial charge in [-0.25, -0.2) is 4.79 Å². The zero-order valence-electron chi connectivity index (χ0n) is 14.8. The van der Waals surface area contributed by atoms with Gasteiger partial charge >= 0.3 is 6.09 Å². The van der Waals surface area contributed by atoms with Gasteiger partial charge in [-0.3, -0.25) is 4.99 Å². The van der Waals surface area contributed by atoms with E-state index in [4.69, 9.17) is 4.74 Å². The predicted molar refractivity (Wildman–Crippen MR) is 103 cm³/mol. The van der Waals surface area contributed by atoms with Crippen LogP contribution in [-0.4, -0.2) is 43.3 Å². The van der Waals surface area contributed by atoms with Gasteiger partial charge in [-0.05, 0) is 41.0 Å². The summed E-state index contributed by atoms with van der Waals surface area (Å²) in [7, 11) is 0. The van der Waals surface area contributed by atoms with Crippen LogP contribution in [0.15, 0.2) is 4.99 Å². The molecule has 6 nitrogen and oxygen atoms in total. The van der Waals surface area contributed by atoms with E-state index in [1.807, 2.05) is 34.6 Å². The van der Waals surface area contributed by atoms with Gasteiger partial charge in [-0.15, -0.1) is 24.0 Å². The van der Waals surface area contributed by atoms with E-state index in [0.29, 0.717) is 6.54 Å². The second-order valence-corrected chi connectivity index (χ2v) is 5.88. The smallest absolute Gasteiger partial charge is 0.407 e. The van der Waals surface area contributed by atoms with E-state index >= 15 is 0 Å². The molecule has 0 spiro atoms. The zero-order chi connectivity index (χ0) is 16.3. The van der Waals surface area contributed by atoms with Crippen molar-refractivity contribution < 1.29 is 9.53 Å². The van der Waals surface area contributed by atoms with Crippen molar-refractivity contribution in [1.82, 2.24) is 16.0 Å². The molecule has 0 radical (unpaired) electrons. The maximum atomic E-state index is 11.8. The molecule has 0 rings (SSSR count). The van der Waals surface area contributed by atoms with Crippen LogP contribution >= 0.6 is 24.0 Å². The molecule has 0 saturated carbocycles. The van der Waals surface area contributed by atoms with Gasteiger partial charge in [0.05, 0.1) is 12.6 Å². The van der Waals surface area contributed by atoms with Crippen molar-refractivity contribution >= 4 is 36.0 Å². The number of aliphatic imine (C=N–C) groups is 1. The first kappa shape index (κ1) is 23.5. The molecule has 0 aliphatic carbocycles. The molecule has 1 amide bonds. The molecule has 1 atom stereocenters. The number of carbonyl (C=O) groups is 1. The molecule has 0 aliphatic heterocycles. The Balaban J connectivity index is 0. The molecule has 132 valence electrons. The Morgan fingerprint density at radius 2 is 1.68 bits per heavy atom. The Morgan fingerprint density at radius 3 is 2.09 bits per heavy atom. The normalized spacial score (nSPS) is 11.7. The maximum absolute atomic E-state index is 11.8. The highest BCUT2D eigenvalue weighted by Gasteiger charge is 2.19. The molecule has 0 aliphatic rings. The van der Waals surface area contributed by atoms with Crippen molar-refractivity contribution in [1.29, 1.82) is 0 Å². The predicted octanol–water partition coefficient (Wildman–Crippen LogP) is 2.87. The van der Waals surface area contributed by atoms with Crippen LogP contribution in [0.5, 0.6) is 0 Å². The number of guanidine groups is 1. The summed E-state index contributed by atoms with van der Waals surface area (Å²) in [5, 5.41) is 9.23. The van der Waals surface area contributed by atoms with Crippen LogP contribution in [0.1, 0.15) is 54.4 Å². The van der Waals surface area contributed by atoms with Gasteiger partial charge in [0.25, 0.3) is 0 Å². The van der Waals surface area contributed by atoms with Gasteiger partial charge in [0.2, 0.25) is 0 Å². The van der Waals surface area contributed by atoms with Crippen molar-refractivity contribution in [3.8, 4) is 0 Å². The van der Waals surface area contributed by atoms with Crippen LogP contribution < -0.4 is 16.0 Å². The number of rotatable bonds is 7. The van der Waals surface area contributed by atoms with Crippen LogP contribution in [0.2, 0.25) is 0 Å². The summed E-state index contributed by atoms with van der Waals surface area (Å²) in [4.78, 5) is 16.3. The molecule has 7 heteroatoms. The molecule has 0 heterocycles. The SMILES string of the molecule is CCCC(CN=C(NCC)NCC)NC(=O)OC(C)(C)C.I. The van der Waals surface area contributed by atoms with Crippen LogP contribution in [0.25, 0.3) is 0 Å². The Labute approximate surface area is 152 Å². The quantitative estimate of drug-likeness (QED) is 0.331. The van der Waals surface area contributed by atoms with Gasteiger partial charge in [0, 0.05) is 13.1 Å². The molecule has 22 heavy (non-hydrogen) atoms. The van der Waals surface area contributed by atoms with Crippen LogP contribution in [0.3, 0.4) is 0 Å². The molecule has 0 aromatic heterocycles. The number of ether oxygens (including phenoxy) is 1. The van der Waals surface area contributed by atoms with E-state index in [0.717, 1.165) is 31.9 Å². The van der Waals surface area contributed by atoms with E-state index in [2.05, 4.69) is 27.9 Å². The number of halogens is 1. The molecule has 3 N–H and O–H groups in total. The summed E-state index contributed by atoms with van der Waals surface area (Å²) < 4.78 is 5.29. The third kappa shape index (κ3) is 13.0. The fourth-order valence-corrected chi connectivity index (χ4v) is 1.74. The van der Waals surface area contributed by atoms with E-state index in [1.54, 1.807) is 0 Å². The van der Waals surface area contributed by atoms with E-state index in [1.165, 1.54) is 0 Å². The number of amides is 1. The first-order chi connectivity index (χ1) is 9.82. The summed E-state index contributed by atoms with van der Waals surface area (Å²) in [6, 6.07) is -0.0165. The van der Waals surface area contributed by atoms with Gasteiger partial charge in [0.1, 0.15) is 5.60 Å². The maximum Gasteiger partial charge on any atom is 0.407 e. The number of nitrogens with zero attached hydrogens (tertiary/aromatic N) is 1. The van der Waals surface area contributed by atoms with Crippen LogP contribution in [0.4, 0.5) is 4.79 Å². The third-order valence-electron chi connectivity index (χ3n) is 2.52. The minimum absolute atomic E-state index is 0. The lowest BCUT2D eigenvalue weighted by Gasteiger charge is -2.23. The molecular formula is C15H33IN4O2. The molecule has 0 aromatic rings. The molecule has 0 aromatic carbocycles. The number of alkyl carbamates (subject to hydrolysis) is 1. The molecule has 1 unspecified atom stereocenters. The number of carbonyl (C=O) groups excluding carboxylic acids is 1.